The lowest BCUT2D eigenvalue weighted by Crippen LogP contribution is -2.56. The van der Waals surface area contributed by atoms with E-state index >= 15 is 0 Å². The van der Waals surface area contributed by atoms with Crippen LogP contribution in [0, 0.1) is 0 Å². The number of aromatic amines is 1. The predicted octanol–water partition coefficient (Wildman–Crippen LogP) is 2.45. The average molecular weight is 521 g/mol. The molecule has 2 aliphatic rings. The van der Waals surface area contributed by atoms with Crippen LogP contribution < -0.4 is 10.6 Å². The Labute approximate surface area is 219 Å². The Morgan fingerprint density at radius 3 is 2.68 bits per heavy atom. The van der Waals surface area contributed by atoms with Crippen molar-refractivity contribution in [2.45, 2.75) is 25.9 Å². The molecule has 5 heterocycles. The Morgan fingerprint density at radius 2 is 1.92 bits per heavy atom. The highest BCUT2D eigenvalue weighted by Gasteiger charge is 2.30. The summed E-state index contributed by atoms with van der Waals surface area (Å²) >= 11 is 1.76. The third-order valence-electron chi connectivity index (χ3n) is 7.03. The Balaban J connectivity index is 1.30. The quantitative estimate of drug-likeness (QED) is 0.412. The van der Waals surface area contributed by atoms with E-state index in [2.05, 4.69) is 32.1 Å². The molecule has 1 amide bonds. The molecule has 2 aliphatic heterocycles. The van der Waals surface area contributed by atoms with E-state index in [1.807, 2.05) is 23.2 Å². The number of hydrogen-bond acceptors (Lipinski definition) is 9. The first-order chi connectivity index (χ1) is 17.9. The monoisotopic (exact) mass is 520 g/mol. The van der Waals surface area contributed by atoms with Crippen molar-refractivity contribution in [1.82, 2.24) is 30.0 Å². The zero-order valence-corrected chi connectivity index (χ0v) is 22.1. The number of H-pyrrole nitrogens is 1. The van der Waals surface area contributed by atoms with Crippen LogP contribution in [0.3, 0.4) is 0 Å². The van der Waals surface area contributed by atoms with E-state index in [0.29, 0.717) is 32.1 Å². The molecule has 0 atom stereocenters. The molecule has 11 heteroatoms. The van der Waals surface area contributed by atoms with E-state index in [0.717, 1.165) is 65.2 Å². The lowest BCUT2D eigenvalue weighted by atomic mass is 10.0. The van der Waals surface area contributed by atoms with E-state index in [1.165, 1.54) is 4.88 Å². The number of aromatic nitrogens is 4. The minimum absolute atomic E-state index is 0.0135. The van der Waals surface area contributed by atoms with Gasteiger partial charge < -0.3 is 20.3 Å². The highest BCUT2D eigenvalue weighted by atomic mass is 32.1. The fraction of sp³-hybridized carbons (Fsp3) is 0.462. The lowest BCUT2D eigenvalue weighted by molar-refractivity contribution is -0.137. The van der Waals surface area contributed by atoms with Gasteiger partial charge in [-0.05, 0) is 26.0 Å². The van der Waals surface area contributed by atoms with Gasteiger partial charge in [0.05, 0.1) is 40.7 Å². The number of anilines is 1. The second kappa shape index (κ2) is 9.64. The van der Waals surface area contributed by atoms with Gasteiger partial charge in [0.15, 0.2) is 11.6 Å². The fourth-order valence-electron chi connectivity index (χ4n) is 5.05. The van der Waals surface area contributed by atoms with Gasteiger partial charge in [0.25, 0.3) is 0 Å². The number of thiophene rings is 1. The molecule has 0 aliphatic carbocycles. The average Bonchev–Trinajstić information content (AvgIpc) is 3.54. The third-order valence-corrected chi connectivity index (χ3v) is 8.14. The molecule has 3 aromatic heterocycles. The van der Waals surface area contributed by atoms with E-state index in [-0.39, 0.29) is 5.91 Å². The summed E-state index contributed by atoms with van der Waals surface area (Å²) in [6, 6.07) is 8.27. The van der Waals surface area contributed by atoms with Crippen molar-refractivity contribution < 1.29 is 9.53 Å². The number of benzene rings is 1. The van der Waals surface area contributed by atoms with Crippen LogP contribution in [0.15, 0.2) is 30.5 Å². The van der Waals surface area contributed by atoms with Gasteiger partial charge in [-0.15, -0.1) is 11.3 Å². The molecular weight excluding hydrogens is 488 g/mol. The Bertz CT molecular complexity index is 1430. The van der Waals surface area contributed by atoms with Gasteiger partial charge in [0, 0.05) is 61.6 Å². The molecule has 37 heavy (non-hydrogen) atoms. The molecule has 2 saturated heterocycles. The van der Waals surface area contributed by atoms with Crippen LogP contribution in [0.5, 0.6) is 0 Å². The number of rotatable bonds is 5. The minimum Gasteiger partial charge on any atom is -0.378 e. The van der Waals surface area contributed by atoms with Crippen molar-refractivity contribution in [3.8, 4) is 11.4 Å². The van der Waals surface area contributed by atoms with Crippen molar-refractivity contribution >= 4 is 44.2 Å². The number of nitrogens with zero attached hydrogens (tertiary/aromatic N) is 6. The summed E-state index contributed by atoms with van der Waals surface area (Å²) < 4.78 is 6.72. The third kappa shape index (κ3) is 4.79. The Morgan fingerprint density at radius 1 is 1.14 bits per heavy atom. The molecule has 10 nitrogen and oxygen atoms in total. The summed E-state index contributed by atoms with van der Waals surface area (Å²) in [5.74, 6) is 1.70. The number of piperazine rings is 1. The number of fused-ring (bicyclic) bond motifs is 2. The Hall–Kier alpha value is -3.12. The number of carbonyl (C=O) groups excluding carboxylic acids is 1. The predicted molar refractivity (Wildman–Crippen MR) is 146 cm³/mol. The van der Waals surface area contributed by atoms with E-state index in [9.17, 15) is 4.79 Å². The van der Waals surface area contributed by atoms with Crippen molar-refractivity contribution in [3.05, 3.63) is 35.3 Å². The molecule has 0 unspecified atom stereocenters. The standard InChI is InChI=1S/C26H32N8O2S/c1-26(2,27)25(35)34-8-6-32(7-9-34)16-17-14-21-22(37-17)24(33-10-12-36-13-11-33)30-23(29-21)18-4-3-5-20-19(18)15-28-31-20/h3-5,14-15H,6-13,16,27H2,1-2H3,(H,28,31). The van der Waals surface area contributed by atoms with E-state index in [1.54, 1.807) is 25.2 Å². The zero-order chi connectivity index (χ0) is 25.6. The number of ether oxygens (including phenoxy) is 1. The molecule has 0 radical (unpaired) electrons. The summed E-state index contributed by atoms with van der Waals surface area (Å²) in [5.41, 5.74) is 8.10. The highest BCUT2D eigenvalue weighted by Crippen LogP contribution is 2.36. The normalized spacial score (nSPS) is 17.7. The summed E-state index contributed by atoms with van der Waals surface area (Å²) in [4.78, 5) is 30.5. The molecule has 0 bridgehead atoms. The minimum atomic E-state index is -0.833. The van der Waals surface area contributed by atoms with Crippen molar-refractivity contribution in [3.63, 3.8) is 0 Å². The van der Waals surface area contributed by atoms with Crippen LogP contribution in [0.4, 0.5) is 5.82 Å². The topological polar surface area (TPSA) is 116 Å². The summed E-state index contributed by atoms with van der Waals surface area (Å²) in [7, 11) is 0. The molecular formula is C26H32N8O2S. The highest BCUT2D eigenvalue weighted by molar-refractivity contribution is 7.19. The van der Waals surface area contributed by atoms with Crippen LogP contribution in [-0.4, -0.2) is 93.9 Å². The fourth-order valence-corrected chi connectivity index (χ4v) is 6.21. The van der Waals surface area contributed by atoms with E-state index in [4.69, 9.17) is 20.4 Å². The van der Waals surface area contributed by atoms with Gasteiger partial charge >= 0.3 is 0 Å². The van der Waals surface area contributed by atoms with Gasteiger partial charge in [0.1, 0.15) is 0 Å². The second-order valence-electron chi connectivity index (χ2n) is 10.3. The zero-order valence-electron chi connectivity index (χ0n) is 21.2. The summed E-state index contributed by atoms with van der Waals surface area (Å²) in [6.07, 6.45) is 1.84. The molecule has 0 spiro atoms. The molecule has 0 saturated carbocycles. The first-order valence-electron chi connectivity index (χ1n) is 12.7. The Kier molecular flexibility index (Phi) is 6.31. The van der Waals surface area contributed by atoms with Crippen LogP contribution in [-0.2, 0) is 16.1 Å². The smallest absolute Gasteiger partial charge is 0.242 e. The molecule has 2 fully saturated rings. The maximum Gasteiger partial charge on any atom is 0.242 e. The number of carbonyl (C=O) groups is 1. The van der Waals surface area contributed by atoms with Gasteiger partial charge in [-0.3, -0.25) is 14.8 Å². The molecule has 1 aromatic carbocycles. The molecule has 3 N–H and O–H groups in total. The van der Waals surface area contributed by atoms with E-state index < -0.39 is 5.54 Å². The maximum absolute atomic E-state index is 12.6. The van der Waals surface area contributed by atoms with Crippen molar-refractivity contribution in [1.29, 1.82) is 0 Å². The van der Waals surface area contributed by atoms with Crippen molar-refractivity contribution in [2.75, 3.05) is 57.4 Å². The molecule has 194 valence electrons. The number of nitrogens with one attached hydrogen (secondary N) is 1. The first-order valence-corrected chi connectivity index (χ1v) is 13.5. The van der Waals surface area contributed by atoms with Gasteiger partial charge in [0.2, 0.25) is 5.91 Å². The number of amides is 1. The molecule has 4 aromatic rings. The first kappa shape index (κ1) is 24.2. The van der Waals surface area contributed by atoms with Crippen LogP contribution in [0.25, 0.3) is 32.5 Å². The summed E-state index contributed by atoms with van der Waals surface area (Å²) in [6.45, 7) is 10.4. The number of hydrogen-bond donors (Lipinski definition) is 2. The number of nitrogens with two attached hydrogens (primary N) is 1. The maximum atomic E-state index is 12.6. The summed E-state index contributed by atoms with van der Waals surface area (Å²) in [5, 5.41) is 8.28. The SMILES string of the molecule is CC(C)(N)C(=O)N1CCN(Cc2cc3nc(-c4cccc5[nH]ncc45)nc(N4CCOCC4)c3s2)CC1. The second-order valence-corrected chi connectivity index (χ2v) is 11.5. The molecule has 6 rings (SSSR count). The van der Waals surface area contributed by atoms with Gasteiger partial charge in [-0.1, -0.05) is 12.1 Å². The van der Waals surface area contributed by atoms with Crippen LogP contribution in [0.1, 0.15) is 18.7 Å². The van der Waals surface area contributed by atoms with Crippen molar-refractivity contribution in [2.24, 2.45) is 5.73 Å². The lowest BCUT2D eigenvalue weighted by Gasteiger charge is -2.37. The largest absolute Gasteiger partial charge is 0.378 e. The van der Waals surface area contributed by atoms with Gasteiger partial charge in [-0.25, -0.2) is 9.97 Å². The van der Waals surface area contributed by atoms with Crippen LogP contribution in [0.2, 0.25) is 0 Å². The van der Waals surface area contributed by atoms with Crippen LogP contribution >= 0.6 is 11.3 Å². The number of morpholine rings is 1. The van der Waals surface area contributed by atoms with Gasteiger partial charge in [-0.2, -0.15) is 5.10 Å².